The molecule has 2 aromatic heterocycles. The molecule has 1 saturated heterocycles. The number of hydrogen-bond acceptors (Lipinski definition) is 7. The quantitative estimate of drug-likeness (QED) is 0.255. The van der Waals surface area contributed by atoms with E-state index >= 15 is 4.39 Å². The van der Waals surface area contributed by atoms with Crippen LogP contribution in [0.2, 0.25) is 0 Å². The van der Waals surface area contributed by atoms with Gasteiger partial charge in [-0.1, -0.05) is 18.2 Å². The van der Waals surface area contributed by atoms with E-state index in [1.807, 2.05) is 13.0 Å². The molecule has 236 valence electrons. The Morgan fingerprint density at radius 3 is 2.64 bits per heavy atom. The molecule has 1 aliphatic rings. The van der Waals surface area contributed by atoms with Crippen LogP contribution in [0.15, 0.2) is 54.7 Å². The van der Waals surface area contributed by atoms with Crippen LogP contribution in [0.3, 0.4) is 0 Å². The van der Waals surface area contributed by atoms with Crippen molar-refractivity contribution in [1.29, 1.82) is 0 Å². The van der Waals surface area contributed by atoms with Gasteiger partial charge in [0.25, 0.3) is 5.91 Å². The van der Waals surface area contributed by atoms with E-state index in [1.165, 1.54) is 20.1 Å². The van der Waals surface area contributed by atoms with Crippen LogP contribution in [0.25, 0.3) is 22.2 Å². The van der Waals surface area contributed by atoms with E-state index in [0.29, 0.717) is 33.5 Å². The third-order valence-electron chi connectivity index (χ3n) is 7.70. The van der Waals surface area contributed by atoms with Gasteiger partial charge in [-0.15, -0.1) is 0 Å². The first-order valence-electron chi connectivity index (χ1n) is 14.0. The van der Waals surface area contributed by atoms with Crippen molar-refractivity contribution in [3.8, 4) is 17.0 Å². The first-order valence-corrected chi connectivity index (χ1v) is 14.0. The maximum absolute atomic E-state index is 15.4. The average molecular weight is 627 g/mol. The van der Waals surface area contributed by atoms with Crippen molar-refractivity contribution in [3.63, 3.8) is 0 Å². The number of carbonyl (C=O) groups is 2. The largest absolute Gasteiger partial charge is 0.494 e. The summed E-state index contributed by atoms with van der Waals surface area (Å²) in [5.41, 5.74) is 2.62. The molecule has 1 aliphatic heterocycles. The van der Waals surface area contributed by atoms with Gasteiger partial charge in [-0.05, 0) is 55.3 Å². The van der Waals surface area contributed by atoms with Crippen molar-refractivity contribution in [2.45, 2.75) is 38.5 Å². The van der Waals surface area contributed by atoms with Gasteiger partial charge in [0.2, 0.25) is 0 Å². The molecule has 1 amide bonds. The predicted octanol–water partition coefficient (Wildman–Crippen LogP) is 5.25. The highest BCUT2D eigenvalue weighted by Crippen LogP contribution is 2.35. The number of fused-ring (bicyclic) bond motifs is 1. The number of pyridine rings is 2. The van der Waals surface area contributed by atoms with Crippen LogP contribution in [0, 0.1) is 19.7 Å². The minimum Gasteiger partial charge on any atom is -0.494 e. The predicted molar refractivity (Wildman–Crippen MR) is 158 cm³/mol. The van der Waals surface area contributed by atoms with E-state index in [-0.39, 0.29) is 30.8 Å². The number of aliphatic carboxylic acids is 1. The van der Waals surface area contributed by atoms with Gasteiger partial charge in [0.15, 0.2) is 0 Å². The minimum atomic E-state index is -4.62. The van der Waals surface area contributed by atoms with Gasteiger partial charge in [0.05, 0.1) is 31.4 Å². The normalized spacial score (nSPS) is 16.0. The lowest BCUT2D eigenvalue weighted by molar-refractivity contribution is -0.167. The molecule has 0 aliphatic carbocycles. The first kappa shape index (κ1) is 31.6. The molecule has 1 fully saturated rings. The monoisotopic (exact) mass is 626 g/mol. The van der Waals surface area contributed by atoms with E-state index in [9.17, 15) is 27.9 Å². The third kappa shape index (κ3) is 6.53. The summed E-state index contributed by atoms with van der Waals surface area (Å²) in [5, 5.41) is 13.0. The third-order valence-corrected chi connectivity index (χ3v) is 7.70. The summed E-state index contributed by atoms with van der Waals surface area (Å²) < 4.78 is 66.6. The van der Waals surface area contributed by atoms with Gasteiger partial charge in [-0.3, -0.25) is 9.78 Å². The second-order valence-electron chi connectivity index (χ2n) is 10.7. The van der Waals surface area contributed by atoms with Gasteiger partial charge >= 0.3 is 12.1 Å². The molecule has 0 radical (unpaired) electrons. The second kappa shape index (κ2) is 12.7. The molecule has 4 aromatic rings. The zero-order chi connectivity index (χ0) is 32.5. The van der Waals surface area contributed by atoms with E-state index in [4.69, 9.17) is 9.47 Å². The number of ether oxygens (including phenoxy) is 2. The van der Waals surface area contributed by atoms with E-state index in [0.717, 1.165) is 16.7 Å². The van der Waals surface area contributed by atoms with E-state index < -0.39 is 48.1 Å². The molecule has 3 heterocycles. The molecule has 2 aromatic carbocycles. The summed E-state index contributed by atoms with van der Waals surface area (Å²) in [4.78, 5) is 35.7. The van der Waals surface area contributed by atoms with Crippen molar-refractivity contribution >= 4 is 28.5 Å². The second-order valence-corrected chi connectivity index (χ2v) is 10.7. The number of carbonyl (C=O) groups excluding carboxylic acids is 1. The summed E-state index contributed by atoms with van der Waals surface area (Å²) in [6.45, 7) is 2.52. The Morgan fingerprint density at radius 2 is 1.96 bits per heavy atom. The minimum absolute atomic E-state index is 0.0238. The standard InChI is InChI=1S/C32H30F4N4O5/c1-17-13-20(40-11-12-45-16-26(40)32(34,35)36)15-23(33)27(17)30(41)39-24(31(42)43)14-19-7-8-22(28-21(19)5-4-10-37-28)29-25(44-3)9-6-18(2)38-29/h4-10,13,15,24,26H,11-12,14,16H2,1-3H3,(H,39,41)(H,42,43)/t24-,26-/m0/s1. The number of anilines is 1. The number of amides is 1. The summed E-state index contributed by atoms with van der Waals surface area (Å²) in [7, 11) is 1.53. The highest BCUT2D eigenvalue weighted by atomic mass is 19.4. The van der Waals surface area contributed by atoms with Crippen LogP contribution in [0.5, 0.6) is 5.75 Å². The number of nitrogens with one attached hydrogen (secondary N) is 1. The summed E-state index contributed by atoms with van der Waals surface area (Å²) in [5.74, 6) is -2.91. The number of rotatable bonds is 8. The van der Waals surface area contributed by atoms with Gasteiger partial charge in [-0.25, -0.2) is 14.2 Å². The van der Waals surface area contributed by atoms with E-state index in [1.54, 1.807) is 36.5 Å². The average Bonchev–Trinajstić information content (AvgIpc) is 3.00. The highest BCUT2D eigenvalue weighted by Gasteiger charge is 2.45. The number of morpholine rings is 1. The molecular formula is C32H30F4N4O5. The number of carboxylic acids is 1. The van der Waals surface area contributed by atoms with Gasteiger partial charge in [-0.2, -0.15) is 13.2 Å². The van der Waals surface area contributed by atoms with Gasteiger partial charge in [0, 0.05) is 41.5 Å². The molecule has 2 N–H and O–H groups in total. The maximum atomic E-state index is 15.4. The molecular weight excluding hydrogens is 596 g/mol. The lowest BCUT2D eigenvalue weighted by Crippen LogP contribution is -2.53. The molecule has 13 heteroatoms. The Balaban J connectivity index is 1.43. The molecule has 0 bridgehead atoms. The highest BCUT2D eigenvalue weighted by molar-refractivity contribution is 5.99. The number of nitrogens with zero attached hydrogens (tertiary/aromatic N) is 3. The molecule has 0 saturated carbocycles. The van der Waals surface area contributed by atoms with Crippen molar-refractivity contribution < 1.29 is 41.7 Å². The van der Waals surface area contributed by atoms with Crippen LogP contribution < -0.4 is 15.0 Å². The number of hydrogen-bond donors (Lipinski definition) is 2. The van der Waals surface area contributed by atoms with E-state index in [2.05, 4.69) is 15.3 Å². The molecule has 0 spiro atoms. The zero-order valence-corrected chi connectivity index (χ0v) is 24.6. The zero-order valence-electron chi connectivity index (χ0n) is 24.6. The van der Waals surface area contributed by atoms with Crippen LogP contribution in [-0.2, 0) is 16.0 Å². The molecule has 2 atom stereocenters. The fourth-order valence-corrected chi connectivity index (χ4v) is 5.52. The lowest BCUT2D eigenvalue weighted by atomic mass is 9.96. The maximum Gasteiger partial charge on any atom is 0.411 e. The Hall–Kier alpha value is -4.78. The van der Waals surface area contributed by atoms with Crippen molar-refractivity contribution in [2.75, 3.05) is 31.8 Å². The molecule has 5 rings (SSSR count). The van der Waals surface area contributed by atoms with Crippen molar-refractivity contribution in [2.24, 2.45) is 0 Å². The van der Waals surface area contributed by atoms with Gasteiger partial charge in [0.1, 0.15) is 29.3 Å². The molecule has 9 nitrogen and oxygen atoms in total. The first-order chi connectivity index (χ1) is 21.4. The Bertz CT molecular complexity index is 1740. The fraction of sp³-hybridized carbons (Fsp3) is 0.312. The van der Waals surface area contributed by atoms with Crippen LogP contribution in [0.1, 0.15) is 27.2 Å². The SMILES string of the molecule is COc1ccc(C)nc1-c1ccc(C[C@H](NC(=O)c2c(C)cc(N3CCOC[C@H]3C(F)(F)F)cc2F)C(=O)O)c2cccnc12. The Labute approximate surface area is 255 Å². The number of alkyl halides is 3. The van der Waals surface area contributed by atoms with Crippen LogP contribution in [-0.4, -0.2) is 72.1 Å². The van der Waals surface area contributed by atoms with Crippen molar-refractivity contribution in [3.05, 3.63) is 82.9 Å². The van der Waals surface area contributed by atoms with Crippen LogP contribution >= 0.6 is 0 Å². The summed E-state index contributed by atoms with van der Waals surface area (Å²) in [6, 6.07) is 9.23. The number of carboxylic acid groups (broad SMARTS) is 1. The number of aromatic nitrogens is 2. The van der Waals surface area contributed by atoms with Crippen LogP contribution in [0.4, 0.5) is 23.2 Å². The number of halogens is 4. The Morgan fingerprint density at radius 1 is 1.18 bits per heavy atom. The Kier molecular flexibility index (Phi) is 8.91. The topological polar surface area (TPSA) is 114 Å². The number of benzene rings is 2. The molecule has 45 heavy (non-hydrogen) atoms. The fourth-order valence-electron chi connectivity index (χ4n) is 5.52. The van der Waals surface area contributed by atoms with Gasteiger partial charge < -0.3 is 24.8 Å². The molecule has 0 unspecified atom stereocenters. The number of methoxy groups -OCH3 is 1. The number of aryl methyl sites for hydroxylation is 2. The summed E-state index contributed by atoms with van der Waals surface area (Å²) >= 11 is 0. The summed E-state index contributed by atoms with van der Waals surface area (Å²) in [6.07, 6.45) is -3.19. The lowest BCUT2D eigenvalue weighted by Gasteiger charge is -2.38. The van der Waals surface area contributed by atoms with Crippen molar-refractivity contribution in [1.82, 2.24) is 15.3 Å². The smallest absolute Gasteiger partial charge is 0.411 e.